The minimum atomic E-state index is -0.297. The minimum absolute atomic E-state index is 0.297. The number of benzene rings is 5. The van der Waals surface area contributed by atoms with Crippen LogP contribution in [0.4, 0.5) is 0 Å². The van der Waals surface area contributed by atoms with Crippen molar-refractivity contribution in [3.05, 3.63) is 123 Å². The molecule has 0 atom stereocenters. The van der Waals surface area contributed by atoms with Crippen LogP contribution in [0.5, 0.6) is 5.75 Å². The monoisotopic (exact) mass is 512 g/mol. The molecule has 5 aromatic rings. The Morgan fingerprint density at radius 1 is 0.861 bits per heavy atom. The average Bonchev–Trinajstić information content (AvgIpc) is 2.91. The summed E-state index contributed by atoms with van der Waals surface area (Å²) in [7, 11) is 0. The maximum Gasteiger partial charge on any atom is 0.271 e. The van der Waals surface area contributed by atoms with Crippen LogP contribution in [0.2, 0.25) is 10.0 Å². The van der Waals surface area contributed by atoms with Gasteiger partial charge in [0.2, 0.25) is 0 Å². The molecule has 0 saturated carbocycles. The molecule has 0 spiro atoms. The van der Waals surface area contributed by atoms with E-state index in [9.17, 15) is 4.79 Å². The second-order valence-corrected chi connectivity index (χ2v) is 9.20. The number of carbonyl (C=O) groups excluding carboxylic acids is 1. The number of halogens is 2. The number of hydrazone groups is 1. The topological polar surface area (TPSA) is 50.7 Å². The van der Waals surface area contributed by atoms with Gasteiger partial charge in [0.25, 0.3) is 5.91 Å². The van der Waals surface area contributed by atoms with Gasteiger partial charge in [0.1, 0.15) is 12.4 Å². The molecule has 36 heavy (non-hydrogen) atoms. The number of nitrogens with one attached hydrogen (secondary N) is 1. The number of amides is 1. The largest absolute Gasteiger partial charge is 0.489 e. The van der Waals surface area contributed by atoms with Crippen LogP contribution in [0.3, 0.4) is 0 Å². The predicted octanol–water partition coefficient (Wildman–Crippen LogP) is 7.95. The molecule has 1 N–H and O–H groups in total. The van der Waals surface area contributed by atoms with Gasteiger partial charge < -0.3 is 4.74 Å². The van der Waals surface area contributed by atoms with Gasteiger partial charge in [-0.15, -0.1) is 0 Å². The summed E-state index contributed by atoms with van der Waals surface area (Å²) in [6, 6.07) is 28.6. The molecular weight excluding hydrogens is 491 g/mol. The molecule has 0 aliphatic carbocycles. The highest BCUT2D eigenvalue weighted by Gasteiger charge is 2.11. The molecule has 0 fully saturated rings. The summed E-state index contributed by atoms with van der Waals surface area (Å²) in [5, 5.41) is 9.50. The Balaban J connectivity index is 1.30. The van der Waals surface area contributed by atoms with E-state index in [1.807, 2.05) is 85.8 Å². The van der Waals surface area contributed by atoms with Gasteiger partial charge in [-0.2, -0.15) is 5.10 Å². The number of ether oxygens (including phenoxy) is 1. The molecule has 0 unspecified atom stereocenters. The summed E-state index contributed by atoms with van der Waals surface area (Å²) in [6.45, 7) is 2.32. The Labute approximate surface area is 219 Å². The third kappa shape index (κ3) is 4.92. The van der Waals surface area contributed by atoms with Gasteiger partial charge in [-0.05, 0) is 59.2 Å². The van der Waals surface area contributed by atoms with Gasteiger partial charge in [0, 0.05) is 26.9 Å². The summed E-state index contributed by atoms with van der Waals surface area (Å²) in [5.41, 5.74) is 5.94. The van der Waals surface area contributed by atoms with E-state index in [0.29, 0.717) is 22.2 Å². The third-order valence-corrected chi connectivity index (χ3v) is 6.85. The van der Waals surface area contributed by atoms with Crippen LogP contribution < -0.4 is 10.2 Å². The molecule has 6 heteroatoms. The lowest BCUT2D eigenvalue weighted by molar-refractivity contribution is 0.0955. The van der Waals surface area contributed by atoms with Crippen LogP contribution in [0.1, 0.15) is 27.0 Å². The van der Waals surface area contributed by atoms with E-state index in [0.717, 1.165) is 44.0 Å². The molecule has 4 nitrogen and oxygen atoms in total. The first kappa shape index (κ1) is 23.9. The highest BCUT2D eigenvalue weighted by molar-refractivity contribution is 6.42. The molecule has 0 aromatic heterocycles. The Morgan fingerprint density at radius 3 is 2.08 bits per heavy atom. The fraction of sp³-hybridized carbons (Fsp3) is 0.0667. The molecule has 0 bridgehead atoms. The number of nitrogens with zero attached hydrogens (tertiary/aromatic N) is 1. The highest BCUT2D eigenvalue weighted by Crippen LogP contribution is 2.35. The van der Waals surface area contributed by atoms with Gasteiger partial charge in [-0.25, -0.2) is 5.43 Å². The van der Waals surface area contributed by atoms with Crippen molar-refractivity contribution in [2.45, 2.75) is 13.5 Å². The van der Waals surface area contributed by atoms with Crippen molar-refractivity contribution in [1.82, 2.24) is 5.43 Å². The van der Waals surface area contributed by atoms with E-state index >= 15 is 0 Å². The molecule has 1 amide bonds. The van der Waals surface area contributed by atoms with Crippen molar-refractivity contribution >= 4 is 56.9 Å². The first-order valence-electron chi connectivity index (χ1n) is 11.4. The summed E-state index contributed by atoms with van der Waals surface area (Å²) < 4.78 is 5.83. The minimum Gasteiger partial charge on any atom is -0.489 e. The van der Waals surface area contributed by atoms with Crippen molar-refractivity contribution in [2.24, 2.45) is 5.10 Å². The molecule has 5 rings (SSSR count). The van der Waals surface area contributed by atoms with Crippen molar-refractivity contribution < 1.29 is 9.53 Å². The van der Waals surface area contributed by atoms with Crippen molar-refractivity contribution in [2.75, 3.05) is 0 Å². The Morgan fingerprint density at radius 2 is 1.47 bits per heavy atom. The van der Waals surface area contributed by atoms with Gasteiger partial charge in [-0.1, -0.05) is 83.9 Å². The zero-order valence-electron chi connectivity index (χ0n) is 19.5. The molecule has 0 radical (unpaired) electrons. The van der Waals surface area contributed by atoms with Crippen molar-refractivity contribution in [1.29, 1.82) is 0 Å². The molecule has 0 aliphatic heterocycles. The molecule has 0 heterocycles. The maximum atomic E-state index is 12.7. The zero-order chi connectivity index (χ0) is 25.1. The average molecular weight is 513 g/mol. The van der Waals surface area contributed by atoms with E-state index < -0.39 is 0 Å². The number of fused-ring (bicyclic) bond motifs is 2. The molecule has 0 aliphatic rings. The fourth-order valence-corrected chi connectivity index (χ4v) is 4.54. The van der Waals surface area contributed by atoms with Crippen LogP contribution in [0.25, 0.3) is 21.5 Å². The lowest BCUT2D eigenvalue weighted by Gasteiger charge is -2.10. The van der Waals surface area contributed by atoms with Gasteiger partial charge in [0.05, 0.1) is 11.2 Å². The lowest BCUT2D eigenvalue weighted by atomic mass is 9.97. The highest BCUT2D eigenvalue weighted by atomic mass is 35.5. The maximum absolute atomic E-state index is 12.7. The van der Waals surface area contributed by atoms with Crippen LogP contribution in [0.15, 0.2) is 96.1 Å². The SMILES string of the molecule is Cc1cc(OCc2ccc(C(=O)NN=Cc3c4ccccc4c(Cl)c4ccccc34)cc2)ccc1Cl. The first-order chi connectivity index (χ1) is 17.5. The third-order valence-electron chi connectivity index (χ3n) is 6.02. The van der Waals surface area contributed by atoms with E-state index in [4.69, 9.17) is 27.9 Å². The summed E-state index contributed by atoms with van der Waals surface area (Å²) in [5.74, 6) is 0.449. The number of hydrogen-bond acceptors (Lipinski definition) is 3. The van der Waals surface area contributed by atoms with Gasteiger partial charge in [-0.3, -0.25) is 4.79 Å². The van der Waals surface area contributed by atoms with Crippen LogP contribution in [-0.4, -0.2) is 12.1 Å². The second kappa shape index (κ2) is 10.4. The lowest BCUT2D eigenvalue weighted by Crippen LogP contribution is -2.17. The van der Waals surface area contributed by atoms with Crippen LogP contribution >= 0.6 is 23.2 Å². The Bertz CT molecular complexity index is 1550. The smallest absolute Gasteiger partial charge is 0.271 e. The van der Waals surface area contributed by atoms with Gasteiger partial charge >= 0.3 is 0 Å². The van der Waals surface area contributed by atoms with E-state index in [-0.39, 0.29) is 5.91 Å². The number of hydrogen-bond donors (Lipinski definition) is 1. The van der Waals surface area contributed by atoms with Crippen molar-refractivity contribution in [3.63, 3.8) is 0 Å². The van der Waals surface area contributed by atoms with Crippen LogP contribution in [-0.2, 0) is 6.61 Å². The zero-order valence-corrected chi connectivity index (χ0v) is 21.0. The summed E-state index contributed by atoms with van der Waals surface area (Å²) in [6.07, 6.45) is 1.68. The first-order valence-corrected chi connectivity index (χ1v) is 12.2. The predicted molar refractivity (Wildman–Crippen MR) is 148 cm³/mol. The number of aryl methyl sites for hydroxylation is 1. The van der Waals surface area contributed by atoms with E-state index in [2.05, 4.69) is 10.5 Å². The molecule has 5 aromatic carbocycles. The van der Waals surface area contributed by atoms with Crippen molar-refractivity contribution in [3.8, 4) is 5.75 Å². The number of rotatable bonds is 6. The summed E-state index contributed by atoms with van der Waals surface area (Å²) >= 11 is 12.7. The normalized spacial score (nSPS) is 11.3. The quantitative estimate of drug-likeness (QED) is 0.142. The second-order valence-electron chi connectivity index (χ2n) is 8.41. The number of carbonyl (C=O) groups is 1. The van der Waals surface area contributed by atoms with Gasteiger partial charge in [0.15, 0.2) is 0 Å². The molecule has 178 valence electrons. The van der Waals surface area contributed by atoms with Crippen LogP contribution in [0, 0.1) is 6.92 Å². The Kier molecular flexibility index (Phi) is 6.90. The molecule has 0 saturated heterocycles. The summed E-state index contributed by atoms with van der Waals surface area (Å²) in [4.78, 5) is 12.7. The fourth-order valence-electron chi connectivity index (χ4n) is 4.09. The van der Waals surface area contributed by atoms with E-state index in [1.165, 1.54) is 0 Å². The standard InChI is InChI=1S/C30H22Cl2N2O2/c1-19-16-22(14-15-28(19)31)36-18-20-10-12-21(13-11-20)30(35)34-33-17-27-23-6-2-4-8-25(23)29(32)26-9-5-3-7-24(26)27/h2-17H,18H2,1H3,(H,34,35). The molecular formula is C30H22Cl2N2O2. The Hall–Kier alpha value is -3.86. The van der Waals surface area contributed by atoms with E-state index in [1.54, 1.807) is 18.3 Å².